The topological polar surface area (TPSA) is 33.6 Å². The monoisotopic (exact) mass is 307 g/mol. The third-order valence-corrected chi connectivity index (χ3v) is 6.01. The minimum atomic E-state index is 0.393. The van der Waals surface area contributed by atoms with Crippen molar-refractivity contribution in [2.24, 2.45) is 18.4 Å². The number of thiophene rings is 1. The van der Waals surface area contributed by atoms with Crippen molar-refractivity contribution in [1.29, 1.82) is 0 Å². The Morgan fingerprint density at radius 3 is 2.80 bits per heavy atom. The Bertz CT molecular complexity index is 685. The van der Waals surface area contributed by atoms with Gasteiger partial charge in [0.15, 0.2) is 10.6 Å². The summed E-state index contributed by atoms with van der Waals surface area (Å²) in [6.07, 6.45) is 3.70. The Balaban J connectivity index is 1.95. The van der Waals surface area contributed by atoms with Gasteiger partial charge in [-0.3, -0.25) is 5.10 Å². The van der Waals surface area contributed by atoms with Crippen LogP contribution in [0.2, 0.25) is 0 Å². The molecule has 0 aromatic carbocycles. The first-order chi connectivity index (χ1) is 9.36. The van der Waals surface area contributed by atoms with Gasteiger partial charge in [0.25, 0.3) is 0 Å². The van der Waals surface area contributed by atoms with Crippen LogP contribution in [-0.2, 0) is 19.9 Å². The van der Waals surface area contributed by atoms with Crippen molar-refractivity contribution in [1.82, 2.24) is 14.8 Å². The molecule has 3 nitrogen and oxygen atoms in total. The molecule has 2 heterocycles. The number of aromatic amines is 1. The molecule has 1 N–H and O–H groups in total. The lowest BCUT2D eigenvalue weighted by atomic mass is 9.72. The van der Waals surface area contributed by atoms with Gasteiger partial charge < -0.3 is 4.57 Å². The Kier molecular flexibility index (Phi) is 3.37. The van der Waals surface area contributed by atoms with E-state index < -0.39 is 0 Å². The summed E-state index contributed by atoms with van der Waals surface area (Å²) < 4.78 is 2.63. The van der Waals surface area contributed by atoms with Crippen LogP contribution in [-0.4, -0.2) is 14.8 Å². The van der Waals surface area contributed by atoms with Gasteiger partial charge in [-0.25, -0.2) is 0 Å². The SMILES string of the molecule is Cn1c(-c2cc3c(s2)CCC(C(C)(C)C)C3)n[nH]c1=S. The average molecular weight is 307 g/mol. The maximum absolute atomic E-state index is 5.20. The van der Waals surface area contributed by atoms with E-state index in [-0.39, 0.29) is 0 Å². The Morgan fingerprint density at radius 1 is 1.45 bits per heavy atom. The minimum absolute atomic E-state index is 0.393. The van der Waals surface area contributed by atoms with E-state index in [1.165, 1.54) is 34.6 Å². The van der Waals surface area contributed by atoms with E-state index in [2.05, 4.69) is 37.0 Å². The zero-order chi connectivity index (χ0) is 14.5. The molecule has 0 spiro atoms. The second-order valence-electron chi connectivity index (χ2n) is 6.78. The first kappa shape index (κ1) is 14.0. The Hall–Kier alpha value is -0.940. The van der Waals surface area contributed by atoms with E-state index in [9.17, 15) is 0 Å². The Labute approximate surface area is 129 Å². The number of aromatic nitrogens is 3. The van der Waals surface area contributed by atoms with E-state index in [1.807, 2.05) is 23.0 Å². The van der Waals surface area contributed by atoms with E-state index in [0.29, 0.717) is 10.2 Å². The number of nitrogens with zero attached hydrogens (tertiary/aromatic N) is 2. The third-order valence-electron chi connectivity index (χ3n) is 4.41. The van der Waals surface area contributed by atoms with Crippen LogP contribution in [0.1, 0.15) is 37.6 Å². The van der Waals surface area contributed by atoms with Gasteiger partial charge in [0.1, 0.15) is 0 Å². The molecule has 1 aliphatic carbocycles. The predicted molar refractivity (Wildman–Crippen MR) is 86.7 cm³/mol. The molecule has 1 atom stereocenters. The van der Waals surface area contributed by atoms with E-state index in [0.717, 1.165) is 11.7 Å². The molecule has 1 aliphatic rings. The van der Waals surface area contributed by atoms with Crippen molar-refractivity contribution in [2.75, 3.05) is 0 Å². The molecule has 2 aromatic rings. The molecule has 0 fully saturated rings. The molecule has 0 aliphatic heterocycles. The van der Waals surface area contributed by atoms with Crippen LogP contribution in [0.3, 0.4) is 0 Å². The van der Waals surface area contributed by atoms with Crippen LogP contribution < -0.4 is 0 Å². The standard InChI is InChI=1S/C15H21N3S2/c1-15(2,3)10-5-6-11-9(7-10)8-12(20-11)13-16-17-14(19)18(13)4/h8,10H,5-7H2,1-4H3,(H,17,19). The summed E-state index contributed by atoms with van der Waals surface area (Å²) in [5, 5.41) is 7.22. The quantitative estimate of drug-likeness (QED) is 0.794. The number of hydrogen-bond acceptors (Lipinski definition) is 3. The lowest BCUT2D eigenvalue weighted by Crippen LogP contribution is -2.26. The largest absolute Gasteiger partial charge is 0.303 e. The number of rotatable bonds is 1. The molecular weight excluding hydrogens is 286 g/mol. The summed E-state index contributed by atoms with van der Waals surface area (Å²) in [5.74, 6) is 1.74. The number of hydrogen-bond donors (Lipinski definition) is 1. The molecule has 5 heteroatoms. The number of fused-ring (bicyclic) bond motifs is 1. The second kappa shape index (κ2) is 4.81. The normalized spacial score (nSPS) is 19.1. The fraction of sp³-hybridized carbons (Fsp3) is 0.600. The lowest BCUT2D eigenvalue weighted by Gasteiger charge is -2.33. The Morgan fingerprint density at radius 2 is 2.20 bits per heavy atom. The highest BCUT2D eigenvalue weighted by molar-refractivity contribution is 7.71. The summed E-state index contributed by atoms with van der Waals surface area (Å²) in [7, 11) is 1.97. The van der Waals surface area contributed by atoms with Crippen molar-refractivity contribution in [3.63, 3.8) is 0 Å². The van der Waals surface area contributed by atoms with Crippen LogP contribution in [0.5, 0.6) is 0 Å². The molecule has 2 aromatic heterocycles. The van der Waals surface area contributed by atoms with Gasteiger partial charge in [-0.15, -0.1) is 11.3 Å². The second-order valence-corrected chi connectivity index (χ2v) is 8.30. The lowest BCUT2D eigenvalue weighted by molar-refractivity contribution is 0.217. The highest BCUT2D eigenvalue weighted by atomic mass is 32.1. The van der Waals surface area contributed by atoms with Crippen LogP contribution in [0.4, 0.5) is 0 Å². The zero-order valence-corrected chi connectivity index (χ0v) is 14.1. The molecular formula is C15H21N3S2. The van der Waals surface area contributed by atoms with Crippen molar-refractivity contribution in [3.05, 3.63) is 21.3 Å². The van der Waals surface area contributed by atoms with Gasteiger partial charge in [0.05, 0.1) is 4.88 Å². The molecule has 0 bridgehead atoms. The van der Waals surface area contributed by atoms with E-state index in [1.54, 1.807) is 0 Å². The molecule has 20 heavy (non-hydrogen) atoms. The van der Waals surface area contributed by atoms with Gasteiger partial charge >= 0.3 is 0 Å². The first-order valence-corrected chi connectivity index (χ1v) is 8.32. The van der Waals surface area contributed by atoms with Crippen LogP contribution >= 0.6 is 23.6 Å². The molecule has 108 valence electrons. The summed E-state index contributed by atoms with van der Waals surface area (Å²) in [5.41, 5.74) is 1.91. The highest BCUT2D eigenvalue weighted by Crippen LogP contribution is 2.41. The van der Waals surface area contributed by atoms with Crippen LogP contribution in [0.25, 0.3) is 10.7 Å². The third kappa shape index (κ3) is 2.37. The van der Waals surface area contributed by atoms with Crippen LogP contribution in [0.15, 0.2) is 6.07 Å². The highest BCUT2D eigenvalue weighted by Gasteiger charge is 2.30. The average Bonchev–Trinajstić information content (AvgIpc) is 2.92. The van der Waals surface area contributed by atoms with E-state index in [4.69, 9.17) is 12.2 Å². The van der Waals surface area contributed by atoms with Crippen molar-refractivity contribution in [3.8, 4) is 10.7 Å². The smallest absolute Gasteiger partial charge is 0.195 e. The van der Waals surface area contributed by atoms with E-state index >= 15 is 0 Å². The van der Waals surface area contributed by atoms with Crippen molar-refractivity contribution >= 4 is 23.6 Å². The van der Waals surface area contributed by atoms with Gasteiger partial charge in [0, 0.05) is 11.9 Å². The van der Waals surface area contributed by atoms with Gasteiger partial charge in [-0.2, -0.15) is 5.10 Å². The van der Waals surface area contributed by atoms with Crippen molar-refractivity contribution in [2.45, 2.75) is 40.0 Å². The maximum Gasteiger partial charge on any atom is 0.195 e. The fourth-order valence-electron chi connectivity index (χ4n) is 2.94. The predicted octanol–water partition coefficient (Wildman–Crippen LogP) is 4.36. The van der Waals surface area contributed by atoms with Crippen molar-refractivity contribution < 1.29 is 0 Å². The molecule has 0 radical (unpaired) electrons. The molecule has 0 saturated heterocycles. The molecule has 3 rings (SSSR count). The first-order valence-electron chi connectivity index (χ1n) is 7.09. The van der Waals surface area contributed by atoms with Crippen LogP contribution in [0, 0.1) is 16.1 Å². The summed E-state index contributed by atoms with van der Waals surface area (Å²) >= 11 is 7.08. The number of H-pyrrole nitrogens is 1. The summed E-state index contributed by atoms with van der Waals surface area (Å²) in [4.78, 5) is 2.77. The summed E-state index contributed by atoms with van der Waals surface area (Å²) in [6, 6.07) is 2.32. The zero-order valence-electron chi connectivity index (χ0n) is 12.5. The molecule has 0 saturated carbocycles. The molecule has 0 amide bonds. The minimum Gasteiger partial charge on any atom is -0.303 e. The maximum atomic E-state index is 5.20. The summed E-state index contributed by atoms with van der Waals surface area (Å²) in [6.45, 7) is 7.06. The van der Waals surface area contributed by atoms with Gasteiger partial charge in [-0.1, -0.05) is 20.8 Å². The molecule has 1 unspecified atom stereocenters. The van der Waals surface area contributed by atoms with Gasteiger partial charge in [-0.05, 0) is 54.4 Å². The number of aryl methyl sites for hydroxylation is 1. The fourth-order valence-corrected chi connectivity index (χ4v) is 4.31. The number of nitrogens with one attached hydrogen (secondary N) is 1. The van der Waals surface area contributed by atoms with Gasteiger partial charge in [0.2, 0.25) is 0 Å².